The normalized spacial score (nSPS) is 14.0. The van der Waals surface area contributed by atoms with Crippen molar-refractivity contribution < 1.29 is 9.53 Å². The summed E-state index contributed by atoms with van der Waals surface area (Å²) in [6, 6.07) is 15.7. The number of allylic oxidation sites excluding steroid dienone is 1. The molecule has 2 aromatic carbocycles. The first-order chi connectivity index (χ1) is 19.1. The number of nitrogens with two attached hydrogens (primary N) is 1. The van der Waals surface area contributed by atoms with Crippen LogP contribution in [0.2, 0.25) is 0 Å². The van der Waals surface area contributed by atoms with E-state index in [1.54, 1.807) is 0 Å². The molecule has 1 aliphatic rings. The largest absolute Gasteiger partial charge is 0.484 e. The minimum atomic E-state index is -0.322. The Balaban J connectivity index is 1.64. The third-order valence-electron chi connectivity index (χ3n) is 6.61. The summed E-state index contributed by atoms with van der Waals surface area (Å²) in [7, 11) is 0. The highest BCUT2D eigenvalue weighted by Crippen LogP contribution is 2.31. The molecule has 0 saturated heterocycles. The lowest BCUT2D eigenvalue weighted by Crippen LogP contribution is -2.43. The number of amides is 1. The van der Waals surface area contributed by atoms with Crippen molar-refractivity contribution >= 4 is 29.2 Å². The summed E-state index contributed by atoms with van der Waals surface area (Å²) in [5, 5.41) is 14.0. The van der Waals surface area contributed by atoms with Gasteiger partial charge in [0.15, 0.2) is 12.4 Å². The number of nitrogens with zero attached hydrogens (tertiary/aromatic N) is 3. The van der Waals surface area contributed by atoms with Gasteiger partial charge in [-0.15, -0.1) is 0 Å². The molecule has 0 atom stereocenters. The van der Waals surface area contributed by atoms with E-state index in [4.69, 9.17) is 25.8 Å². The van der Waals surface area contributed by atoms with Crippen LogP contribution in [0.4, 0.5) is 11.5 Å². The van der Waals surface area contributed by atoms with E-state index in [0.717, 1.165) is 53.4 Å². The predicted octanol–water partition coefficient (Wildman–Crippen LogP) is 4.90. The molecular formula is C31H39N7O2. The molecule has 1 aliphatic heterocycles. The van der Waals surface area contributed by atoms with E-state index in [1.165, 1.54) is 12.4 Å². The molecule has 0 bridgehead atoms. The lowest BCUT2D eigenvalue weighted by atomic mass is 10.0. The topological polar surface area (TPSA) is 129 Å². The Bertz CT molecular complexity index is 1390. The molecule has 0 radical (unpaired) electrons. The molecule has 40 heavy (non-hydrogen) atoms. The van der Waals surface area contributed by atoms with Crippen molar-refractivity contribution in [2.45, 2.75) is 59.2 Å². The summed E-state index contributed by atoms with van der Waals surface area (Å²) in [6.45, 7) is 11.8. The van der Waals surface area contributed by atoms with E-state index in [0.29, 0.717) is 23.2 Å². The molecular weight excluding hydrogens is 502 g/mol. The van der Waals surface area contributed by atoms with Gasteiger partial charge in [0.2, 0.25) is 0 Å². The summed E-state index contributed by atoms with van der Waals surface area (Å²) in [5.41, 5.74) is 10.6. The highest BCUT2D eigenvalue weighted by molar-refractivity contribution is 6.08. The quantitative estimate of drug-likeness (QED) is 0.284. The molecule has 9 nitrogen and oxygen atoms in total. The van der Waals surface area contributed by atoms with Gasteiger partial charge in [0.1, 0.15) is 11.6 Å². The number of ether oxygens (including phenoxy) is 1. The molecule has 0 fully saturated rings. The molecule has 0 saturated carbocycles. The van der Waals surface area contributed by atoms with Gasteiger partial charge in [-0.3, -0.25) is 9.69 Å². The second-order valence-corrected chi connectivity index (χ2v) is 11.2. The van der Waals surface area contributed by atoms with Crippen LogP contribution < -0.4 is 21.1 Å². The van der Waals surface area contributed by atoms with Crippen LogP contribution >= 0.6 is 0 Å². The molecule has 0 aliphatic carbocycles. The first-order valence-corrected chi connectivity index (χ1v) is 13.5. The molecule has 210 valence electrons. The van der Waals surface area contributed by atoms with Gasteiger partial charge in [0, 0.05) is 65.9 Å². The number of carbonyl (C=O) groups is 1. The zero-order valence-electron chi connectivity index (χ0n) is 23.9. The maximum absolute atomic E-state index is 12.2. The maximum atomic E-state index is 12.2. The summed E-state index contributed by atoms with van der Waals surface area (Å²) < 4.78 is 5.78. The maximum Gasteiger partial charge on any atom is 0.258 e. The monoisotopic (exact) mass is 541 g/mol. The van der Waals surface area contributed by atoms with Crippen LogP contribution in [0, 0.1) is 5.41 Å². The van der Waals surface area contributed by atoms with Gasteiger partial charge >= 0.3 is 0 Å². The van der Waals surface area contributed by atoms with Crippen molar-refractivity contribution in [1.82, 2.24) is 20.2 Å². The second kappa shape index (κ2) is 12.3. The number of rotatable bonds is 9. The highest BCUT2D eigenvalue weighted by atomic mass is 16.5. The average molecular weight is 542 g/mol. The van der Waals surface area contributed by atoms with E-state index < -0.39 is 0 Å². The fourth-order valence-corrected chi connectivity index (χ4v) is 4.55. The van der Waals surface area contributed by atoms with Gasteiger partial charge < -0.3 is 26.5 Å². The van der Waals surface area contributed by atoms with Crippen molar-refractivity contribution in [3.63, 3.8) is 0 Å². The van der Waals surface area contributed by atoms with E-state index >= 15 is 0 Å². The van der Waals surface area contributed by atoms with Crippen LogP contribution in [0.1, 0.15) is 51.4 Å². The summed E-state index contributed by atoms with van der Waals surface area (Å²) >= 11 is 0. The second-order valence-electron chi connectivity index (χ2n) is 11.2. The molecule has 3 aromatic rings. The number of hydrogen-bond donors (Lipinski definition) is 4. The van der Waals surface area contributed by atoms with Gasteiger partial charge in [0.05, 0.1) is 5.69 Å². The lowest BCUT2D eigenvalue weighted by Gasteiger charge is -2.32. The Kier molecular flexibility index (Phi) is 8.84. The van der Waals surface area contributed by atoms with Gasteiger partial charge in [-0.05, 0) is 64.4 Å². The van der Waals surface area contributed by atoms with Crippen LogP contribution in [0.15, 0.2) is 54.7 Å². The molecule has 1 amide bonds. The van der Waals surface area contributed by atoms with Crippen LogP contribution in [0.5, 0.6) is 5.75 Å². The molecule has 0 spiro atoms. The van der Waals surface area contributed by atoms with E-state index in [9.17, 15) is 4.79 Å². The van der Waals surface area contributed by atoms with Crippen LogP contribution in [0.25, 0.3) is 17.0 Å². The first-order valence-electron chi connectivity index (χ1n) is 13.5. The number of fused-ring (bicyclic) bond motifs is 1. The Morgan fingerprint density at radius 1 is 1.18 bits per heavy atom. The molecule has 2 heterocycles. The minimum Gasteiger partial charge on any atom is -0.484 e. The van der Waals surface area contributed by atoms with Gasteiger partial charge in [-0.25, -0.2) is 9.97 Å². The third-order valence-corrected chi connectivity index (χ3v) is 6.61. The van der Waals surface area contributed by atoms with E-state index in [-0.39, 0.29) is 18.1 Å². The Morgan fingerprint density at radius 2 is 1.93 bits per heavy atom. The van der Waals surface area contributed by atoms with Crippen molar-refractivity contribution in [3.8, 4) is 17.1 Å². The van der Waals surface area contributed by atoms with E-state index in [2.05, 4.69) is 29.4 Å². The minimum absolute atomic E-state index is 0.0708. The molecule has 9 heteroatoms. The summed E-state index contributed by atoms with van der Waals surface area (Å²) in [6.07, 6.45) is 3.49. The van der Waals surface area contributed by atoms with Crippen molar-refractivity contribution in [3.05, 3.63) is 71.6 Å². The number of benzene rings is 2. The van der Waals surface area contributed by atoms with Crippen LogP contribution in [0.3, 0.4) is 0 Å². The predicted molar refractivity (Wildman–Crippen MR) is 161 cm³/mol. The number of aromatic nitrogens is 2. The molecule has 1 aromatic heterocycles. The van der Waals surface area contributed by atoms with Crippen molar-refractivity contribution in [2.24, 2.45) is 5.73 Å². The average Bonchev–Trinajstić information content (AvgIpc) is 2.92. The highest BCUT2D eigenvalue weighted by Gasteiger charge is 2.25. The Hall–Kier alpha value is -4.24. The zero-order valence-corrected chi connectivity index (χ0v) is 23.9. The van der Waals surface area contributed by atoms with Crippen molar-refractivity contribution in [2.75, 3.05) is 18.5 Å². The van der Waals surface area contributed by atoms with Crippen LogP contribution in [-0.4, -0.2) is 51.7 Å². The number of hydrogen-bond acceptors (Lipinski definition) is 8. The summed E-state index contributed by atoms with van der Waals surface area (Å²) in [5.74, 6) is 1.76. The molecule has 5 N–H and O–H groups in total. The van der Waals surface area contributed by atoms with Gasteiger partial charge in [0.25, 0.3) is 5.91 Å². The van der Waals surface area contributed by atoms with Gasteiger partial charge in [-0.1, -0.05) is 24.3 Å². The number of nitrogens with one attached hydrogen (secondary N) is 3. The van der Waals surface area contributed by atoms with E-state index in [1.807, 2.05) is 69.3 Å². The summed E-state index contributed by atoms with van der Waals surface area (Å²) in [4.78, 5) is 24.6. The number of anilines is 2. The molecule has 4 rings (SSSR count). The smallest absolute Gasteiger partial charge is 0.258 e. The molecule has 0 unspecified atom stereocenters. The SMILES string of the molecule is CC(C)N1CCc2nc(-c3cccc(OCC(=O)NC(C)(C)C)c3)nc(Nc3ccc(/C(C=N)=C/N)cc3)c2C1. The third kappa shape index (κ3) is 7.24. The fourth-order valence-electron chi connectivity index (χ4n) is 4.55. The standard InChI is InChI=1S/C31H39N7O2/c1-20(2)38-14-13-27-26(18-38)30(34-24-11-9-21(10-12-24)23(16-32)17-33)36-29(35-27)22-7-6-8-25(15-22)40-19-28(39)37-31(3,4)5/h6-12,15-17,20,32H,13-14,18-19,33H2,1-5H3,(H,37,39)(H,34,35,36)/b23-17+,32-16?. The fraction of sp³-hybridized carbons (Fsp3) is 0.355. The lowest BCUT2D eigenvalue weighted by molar-refractivity contribution is -0.124. The van der Waals surface area contributed by atoms with Crippen LogP contribution in [-0.2, 0) is 17.8 Å². The number of carbonyl (C=O) groups excluding carboxylic acids is 1. The van der Waals surface area contributed by atoms with Crippen molar-refractivity contribution in [1.29, 1.82) is 5.41 Å². The zero-order chi connectivity index (χ0) is 28.9. The van der Waals surface area contributed by atoms with Gasteiger partial charge in [-0.2, -0.15) is 0 Å². The Labute approximate surface area is 236 Å². The first kappa shape index (κ1) is 28.8. The Morgan fingerprint density at radius 3 is 2.58 bits per heavy atom.